The fourth-order valence-corrected chi connectivity index (χ4v) is 2.43. The molecule has 0 aromatic rings. The van der Waals surface area contributed by atoms with Crippen LogP contribution in [0.25, 0.3) is 0 Å². The zero-order valence-corrected chi connectivity index (χ0v) is 9.55. The van der Waals surface area contributed by atoms with Gasteiger partial charge in [-0.3, -0.25) is 11.3 Å². The highest BCUT2D eigenvalue weighted by Gasteiger charge is 2.28. The molecule has 0 radical (unpaired) electrons. The van der Waals surface area contributed by atoms with E-state index in [0.717, 1.165) is 24.7 Å². The van der Waals surface area contributed by atoms with E-state index in [1.54, 1.807) is 0 Å². The molecular formula is C12H24N2. The van der Waals surface area contributed by atoms with Crippen LogP contribution in [0.4, 0.5) is 0 Å². The molecule has 14 heavy (non-hydrogen) atoms. The Kier molecular flexibility index (Phi) is 4.63. The van der Waals surface area contributed by atoms with Gasteiger partial charge in [-0.05, 0) is 37.5 Å². The minimum Gasteiger partial charge on any atom is -0.271 e. The van der Waals surface area contributed by atoms with Gasteiger partial charge in [0.1, 0.15) is 0 Å². The van der Waals surface area contributed by atoms with Gasteiger partial charge in [0.25, 0.3) is 0 Å². The fraction of sp³-hybridized carbons (Fsp3) is 0.833. The summed E-state index contributed by atoms with van der Waals surface area (Å²) in [6.07, 6.45) is 6.13. The Bertz CT molecular complexity index is 189. The van der Waals surface area contributed by atoms with Crippen LogP contribution in [-0.4, -0.2) is 6.04 Å². The van der Waals surface area contributed by atoms with Crippen molar-refractivity contribution in [3.63, 3.8) is 0 Å². The summed E-state index contributed by atoms with van der Waals surface area (Å²) in [5.41, 5.74) is 4.28. The largest absolute Gasteiger partial charge is 0.271 e. The Morgan fingerprint density at radius 1 is 1.57 bits per heavy atom. The molecule has 1 fully saturated rings. The molecule has 0 aliphatic heterocycles. The molecule has 1 aliphatic carbocycles. The smallest absolute Gasteiger partial charge is 0.0275 e. The van der Waals surface area contributed by atoms with E-state index in [0.29, 0.717) is 6.04 Å². The number of nitrogens with one attached hydrogen (secondary N) is 1. The van der Waals surface area contributed by atoms with Crippen molar-refractivity contribution >= 4 is 0 Å². The second-order valence-electron chi connectivity index (χ2n) is 4.76. The van der Waals surface area contributed by atoms with E-state index in [2.05, 4.69) is 25.9 Å². The Hall–Kier alpha value is -0.340. The average molecular weight is 196 g/mol. The molecule has 2 heteroatoms. The second-order valence-corrected chi connectivity index (χ2v) is 4.76. The molecule has 82 valence electrons. The van der Waals surface area contributed by atoms with Crippen LogP contribution in [0.5, 0.6) is 0 Å². The van der Waals surface area contributed by atoms with Crippen molar-refractivity contribution < 1.29 is 0 Å². The van der Waals surface area contributed by atoms with Crippen molar-refractivity contribution in [3.8, 4) is 0 Å². The lowest BCUT2D eigenvalue weighted by Gasteiger charge is -2.23. The van der Waals surface area contributed by atoms with E-state index in [1.165, 1.54) is 24.8 Å². The van der Waals surface area contributed by atoms with Gasteiger partial charge in [0.05, 0.1) is 0 Å². The average Bonchev–Trinajstić information content (AvgIpc) is 2.60. The van der Waals surface area contributed by atoms with Gasteiger partial charge in [0, 0.05) is 6.04 Å². The standard InChI is InChI=1S/C12H24N2/c1-4-9(2)8-12(14-13)11-6-5-10(3)7-11/h10-12,14H,2,4-8,13H2,1,3H3. The van der Waals surface area contributed by atoms with Gasteiger partial charge in [0.15, 0.2) is 0 Å². The minimum atomic E-state index is 0.451. The summed E-state index contributed by atoms with van der Waals surface area (Å²) in [6.45, 7) is 8.55. The number of nitrogens with two attached hydrogens (primary N) is 1. The molecule has 0 heterocycles. The molecule has 1 rings (SSSR count). The van der Waals surface area contributed by atoms with Crippen LogP contribution < -0.4 is 11.3 Å². The second kappa shape index (κ2) is 5.52. The molecule has 0 bridgehead atoms. The number of hydrogen-bond donors (Lipinski definition) is 2. The van der Waals surface area contributed by atoms with Crippen LogP contribution in [0.2, 0.25) is 0 Å². The lowest BCUT2D eigenvalue weighted by Crippen LogP contribution is -2.40. The van der Waals surface area contributed by atoms with E-state index in [4.69, 9.17) is 5.84 Å². The SMILES string of the molecule is C=C(CC)CC(NN)C1CCC(C)C1. The van der Waals surface area contributed by atoms with Crippen LogP contribution in [-0.2, 0) is 0 Å². The Morgan fingerprint density at radius 2 is 2.29 bits per heavy atom. The van der Waals surface area contributed by atoms with Gasteiger partial charge in [-0.15, -0.1) is 0 Å². The van der Waals surface area contributed by atoms with Crippen molar-refractivity contribution in [2.45, 2.75) is 52.0 Å². The van der Waals surface area contributed by atoms with Crippen LogP contribution in [0.15, 0.2) is 12.2 Å². The highest BCUT2D eigenvalue weighted by Crippen LogP contribution is 2.34. The maximum absolute atomic E-state index is 5.61. The fourth-order valence-electron chi connectivity index (χ4n) is 2.43. The van der Waals surface area contributed by atoms with Crippen LogP contribution >= 0.6 is 0 Å². The third kappa shape index (κ3) is 3.10. The third-order valence-electron chi connectivity index (χ3n) is 3.53. The zero-order chi connectivity index (χ0) is 10.6. The Labute approximate surface area is 87.9 Å². The summed E-state index contributed by atoms with van der Waals surface area (Å²) in [5, 5.41) is 0. The zero-order valence-electron chi connectivity index (χ0n) is 9.55. The van der Waals surface area contributed by atoms with E-state index in [1.807, 2.05) is 0 Å². The number of rotatable bonds is 5. The van der Waals surface area contributed by atoms with Gasteiger partial charge in [-0.1, -0.05) is 32.4 Å². The summed E-state index contributed by atoms with van der Waals surface area (Å²) in [6, 6.07) is 0.451. The highest BCUT2D eigenvalue weighted by molar-refractivity contribution is 4.98. The van der Waals surface area contributed by atoms with E-state index in [-0.39, 0.29) is 0 Å². The molecule has 2 nitrogen and oxygen atoms in total. The quantitative estimate of drug-likeness (QED) is 0.403. The molecule has 1 aliphatic rings. The van der Waals surface area contributed by atoms with E-state index < -0.39 is 0 Å². The van der Waals surface area contributed by atoms with Crippen molar-refractivity contribution in [1.82, 2.24) is 5.43 Å². The van der Waals surface area contributed by atoms with Crippen LogP contribution in [0.1, 0.15) is 46.0 Å². The van der Waals surface area contributed by atoms with Gasteiger partial charge in [-0.2, -0.15) is 0 Å². The molecule has 0 spiro atoms. The summed E-state index contributed by atoms with van der Waals surface area (Å²) >= 11 is 0. The first-order valence-corrected chi connectivity index (χ1v) is 5.80. The first-order chi connectivity index (χ1) is 6.67. The van der Waals surface area contributed by atoms with Crippen LogP contribution in [0, 0.1) is 11.8 Å². The minimum absolute atomic E-state index is 0.451. The highest BCUT2D eigenvalue weighted by atomic mass is 15.2. The summed E-state index contributed by atoms with van der Waals surface area (Å²) in [5.74, 6) is 7.25. The summed E-state index contributed by atoms with van der Waals surface area (Å²) in [7, 11) is 0. The van der Waals surface area contributed by atoms with Crippen molar-refractivity contribution in [3.05, 3.63) is 12.2 Å². The number of hydrogen-bond acceptors (Lipinski definition) is 2. The topological polar surface area (TPSA) is 38.0 Å². The van der Waals surface area contributed by atoms with Gasteiger partial charge >= 0.3 is 0 Å². The molecule has 1 saturated carbocycles. The first kappa shape index (κ1) is 11.7. The van der Waals surface area contributed by atoms with Crippen molar-refractivity contribution in [2.24, 2.45) is 17.7 Å². The summed E-state index contributed by atoms with van der Waals surface area (Å²) in [4.78, 5) is 0. The predicted molar refractivity (Wildman–Crippen MR) is 61.7 cm³/mol. The molecule has 0 amide bonds. The summed E-state index contributed by atoms with van der Waals surface area (Å²) < 4.78 is 0. The van der Waals surface area contributed by atoms with Gasteiger partial charge in [-0.25, -0.2) is 0 Å². The van der Waals surface area contributed by atoms with E-state index in [9.17, 15) is 0 Å². The normalized spacial score (nSPS) is 29.1. The third-order valence-corrected chi connectivity index (χ3v) is 3.53. The van der Waals surface area contributed by atoms with E-state index >= 15 is 0 Å². The molecule has 0 aromatic heterocycles. The van der Waals surface area contributed by atoms with Crippen LogP contribution in [0.3, 0.4) is 0 Å². The molecule has 3 unspecified atom stereocenters. The van der Waals surface area contributed by atoms with Gasteiger partial charge < -0.3 is 0 Å². The molecule has 0 saturated heterocycles. The van der Waals surface area contributed by atoms with Crippen molar-refractivity contribution in [1.29, 1.82) is 0 Å². The molecule has 3 N–H and O–H groups in total. The molecular weight excluding hydrogens is 172 g/mol. The van der Waals surface area contributed by atoms with Crippen molar-refractivity contribution in [2.75, 3.05) is 0 Å². The molecule has 3 atom stereocenters. The Balaban J connectivity index is 2.41. The predicted octanol–water partition coefficient (Wildman–Crippen LogP) is 2.61. The maximum atomic E-state index is 5.61. The first-order valence-electron chi connectivity index (χ1n) is 5.80. The molecule has 0 aromatic carbocycles. The Morgan fingerprint density at radius 3 is 2.71 bits per heavy atom. The lowest BCUT2D eigenvalue weighted by molar-refractivity contribution is 0.351. The van der Waals surface area contributed by atoms with Gasteiger partial charge in [0.2, 0.25) is 0 Å². The maximum Gasteiger partial charge on any atom is 0.0275 e. The number of hydrazine groups is 1. The lowest BCUT2D eigenvalue weighted by atomic mass is 9.91. The monoisotopic (exact) mass is 196 g/mol.